The van der Waals surface area contributed by atoms with Crippen molar-refractivity contribution in [2.24, 2.45) is 7.05 Å². The predicted octanol–water partition coefficient (Wildman–Crippen LogP) is 2.18. The summed E-state index contributed by atoms with van der Waals surface area (Å²) in [5, 5.41) is 7.03. The van der Waals surface area contributed by atoms with Crippen LogP contribution in [0.3, 0.4) is 0 Å². The maximum Gasteiger partial charge on any atom is 0.276 e. The fraction of sp³-hybridized carbons (Fsp3) is 0.286. The Hall–Kier alpha value is -2.30. The average molecular weight is 258 g/mol. The van der Waals surface area contributed by atoms with Gasteiger partial charge in [0.05, 0.1) is 11.4 Å². The molecule has 1 heterocycles. The SMILES string of the molecule is Cc1cccc(NC(=O)c2c(N)c(C)nn2C)c1C. The van der Waals surface area contributed by atoms with Crippen LogP contribution in [0.25, 0.3) is 0 Å². The predicted molar refractivity (Wildman–Crippen MR) is 76.2 cm³/mol. The molecule has 2 aromatic rings. The van der Waals surface area contributed by atoms with Gasteiger partial charge in [-0.05, 0) is 38.0 Å². The number of hydrogen-bond acceptors (Lipinski definition) is 3. The summed E-state index contributed by atoms with van der Waals surface area (Å²) in [6.07, 6.45) is 0. The second kappa shape index (κ2) is 4.76. The molecule has 19 heavy (non-hydrogen) atoms. The van der Waals surface area contributed by atoms with Crippen LogP contribution in [-0.2, 0) is 7.05 Å². The minimum Gasteiger partial charge on any atom is -0.395 e. The van der Waals surface area contributed by atoms with Crippen molar-refractivity contribution >= 4 is 17.3 Å². The molecule has 0 aliphatic carbocycles. The van der Waals surface area contributed by atoms with E-state index in [9.17, 15) is 4.79 Å². The van der Waals surface area contributed by atoms with Crippen molar-refractivity contribution in [3.8, 4) is 0 Å². The van der Waals surface area contributed by atoms with Gasteiger partial charge in [0, 0.05) is 12.7 Å². The Bertz CT molecular complexity index is 643. The number of nitrogen functional groups attached to an aromatic ring is 1. The summed E-state index contributed by atoms with van der Waals surface area (Å²) >= 11 is 0. The van der Waals surface area contributed by atoms with Gasteiger partial charge < -0.3 is 11.1 Å². The van der Waals surface area contributed by atoms with Crippen LogP contribution in [0.4, 0.5) is 11.4 Å². The zero-order chi connectivity index (χ0) is 14.2. The van der Waals surface area contributed by atoms with Crippen LogP contribution in [0.5, 0.6) is 0 Å². The Morgan fingerprint density at radius 2 is 2.00 bits per heavy atom. The van der Waals surface area contributed by atoms with Crippen molar-refractivity contribution in [2.75, 3.05) is 11.1 Å². The number of anilines is 2. The number of nitrogens with two attached hydrogens (primary N) is 1. The second-order valence-electron chi connectivity index (χ2n) is 4.67. The lowest BCUT2D eigenvalue weighted by Crippen LogP contribution is -2.18. The summed E-state index contributed by atoms with van der Waals surface area (Å²) in [4.78, 5) is 12.3. The number of aromatic nitrogens is 2. The monoisotopic (exact) mass is 258 g/mol. The number of benzene rings is 1. The largest absolute Gasteiger partial charge is 0.395 e. The van der Waals surface area contributed by atoms with Gasteiger partial charge in [0.25, 0.3) is 5.91 Å². The van der Waals surface area contributed by atoms with E-state index < -0.39 is 0 Å². The van der Waals surface area contributed by atoms with E-state index in [-0.39, 0.29) is 5.91 Å². The first-order valence-electron chi connectivity index (χ1n) is 6.08. The summed E-state index contributed by atoms with van der Waals surface area (Å²) in [6.45, 7) is 5.76. The van der Waals surface area contributed by atoms with E-state index in [1.807, 2.05) is 32.0 Å². The maximum atomic E-state index is 12.3. The van der Waals surface area contributed by atoms with Crippen LogP contribution in [0.15, 0.2) is 18.2 Å². The minimum absolute atomic E-state index is 0.241. The van der Waals surface area contributed by atoms with Crippen molar-refractivity contribution in [2.45, 2.75) is 20.8 Å². The summed E-state index contributed by atoms with van der Waals surface area (Å²) in [7, 11) is 1.71. The van der Waals surface area contributed by atoms with E-state index in [0.29, 0.717) is 17.1 Å². The third-order valence-electron chi connectivity index (χ3n) is 3.34. The smallest absolute Gasteiger partial charge is 0.276 e. The molecule has 0 aliphatic rings. The highest BCUT2D eigenvalue weighted by molar-refractivity contribution is 6.07. The molecule has 1 aromatic carbocycles. The fourth-order valence-corrected chi connectivity index (χ4v) is 2.01. The summed E-state index contributed by atoms with van der Waals surface area (Å²) in [5.74, 6) is -0.241. The lowest BCUT2D eigenvalue weighted by Gasteiger charge is -2.10. The molecule has 100 valence electrons. The normalized spacial score (nSPS) is 10.5. The van der Waals surface area contributed by atoms with Gasteiger partial charge in [-0.1, -0.05) is 12.1 Å². The van der Waals surface area contributed by atoms with Crippen molar-refractivity contribution in [1.29, 1.82) is 0 Å². The molecule has 1 amide bonds. The number of carbonyl (C=O) groups is 1. The van der Waals surface area contributed by atoms with Crippen molar-refractivity contribution < 1.29 is 4.79 Å². The topological polar surface area (TPSA) is 72.9 Å². The van der Waals surface area contributed by atoms with E-state index in [2.05, 4.69) is 10.4 Å². The van der Waals surface area contributed by atoms with Crippen LogP contribution >= 0.6 is 0 Å². The Kier molecular flexibility index (Phi) is 3.29. The van der Waals surface area contributed by atoms with Crippen molar-refractivity contribution in [3.63, 3.8) is 0 Å². The number of hydrogen-bond donors (Lipinski definition) is 2. The number of rotatable bonds is 2. The highest BCUT2D eigenvalue weighted by atomic mass is 16.2. The van der Waals surface area contributed by atoms with Gasteiger partial charge in [-0.2, -0.15) is 5.10 Å². The summed E-state index contributed by atoms with van der Waals surface area (Å²) < 4.78 is 1.51. The number of nitrogens with zero attached hydrogens (tertiary/aromatic N) is 2. The fourth-order valence-electron chi connectivity index (χ4n) is 2.01. The van der Waals surface area contributed by atoms with Crippen LogP contribution in [0.1, 0.15) is 27.3 Å². The first kappa shape index (κ1) is 13.1. The zero-order valence-electron chi connectivity index (χ0n) is 11.6. The molecule has 0 saturated carbocycles. The van der Waals surface area contributed by atoms with E-state index in [0.717, 1.165) is 16.8 Å². The van der Waals surface area contributed by atoms with Crippen LogP contribution in [-0.4, -0.2) is 15.7 Å². The standard InChI is InChI=1S/C14H18N4O/c1-8-6-5-7-11(9(8)2)16-14(19)13-12(15)10(3)17-18(13)4/h5-7H,15H2,1-4H3,(H,16,19). The second-order valence-corrected chi connectivity index (χ2v) is 4.67. The van der Waals surface area contributed by atoms with Crippen LogP contribution in [0.2, 0.25) is 0 Å². The number of amides is 1. The van der Waals surface area contributed by atoms with Gasteiger partial charge in [0.2, 0.25) is 0 Å². The molecule has 3 N–H and O–H groups in total. The van der Waals surface area contributed by atoms with E-state index in [4.69, 9.17) is 5.73 Å². The molecular weight excluding hydrogens is 240 g/mol. The lowest BCUT2D eigenvalue weighted by atomic mass is 10.1. The van der Waals surface area contributed by atoms with Gasteiger partial charge in [0.1, 0.15) is 5.69 Å². The molecule has 0 atom stereocenters. The van der Waals surface area contributed by atoms with E-state index >= 15 is 0 Å². The molecule has 2 rings (SSSR count). The Labute approximate surface area is 112 Å². The van der Waals surface area contributed by atoms with Crippen LogP contribution in [0, 0.1) is 20.8 Å². The Balaban J connectivity index is 2.34. The molecular formula is C14H18N4O. The lowest BCUT2D eigenvalue weighted by molar-refractivity contribution is 0.101. The average Bonchev–Trinajstić information content (AvgIpc) is 2.59. The van der Waals surface area contributed by atoms with Gasteiger partial charge in [-0.15, -0.1) is 0 Å². The van der Waals surface area contributed by atoms with Gasteiger partial charge in [0.15, 0.2) is 0 Å². The van der Waals surface area contributed by atoms with Gasteiger partial charge in [-0.3, -0.25) is 9.48 Å². The summed E-state index contributed by atoms with van der Waals surface area (Å²) in [6, 6.07) is 5.79. The Morgan fingerprint density at radius 3 is 2.58 bits per heavy atom. The summed E-state index contributed by atoms with van der Waals surface area (Å²) in [5.41, 5.74) is 10.3. The number of aryl methyl sites for hydroxylation is 3. The minimum atomic E-state index is -0.241. The molecule has 0 bridgehead atoms. The van der Waals surface area contributed by atoms with Gasteiger partial charge in [-0.25, -0.2) is 0 Å². The van der Waals surface area contributed by atoms with E-state index in [1.54, 1.807) is 14.0 Å². The highest BCUT2D eigenvalue weighted by Gasteiger charge is 2.18. The Morgan fingerprint density at radius 1 is 1.32 bits per heavy atom. The van der Waals surface area contributed by atoms with E-state index in [1.165, 1.54) is 4.68 Å². The molecule has 0 fully saturated rings. The molecule has 1 aromatic heterocycles. The molecule has 5 nitrogen and oxygen atoms in total. The number of nitrogens with one attached hydrogen (secondary N) is 1. The number of carbonyl (C=O) groups excluding carboxylic acids is 1. The highest BCUT2D eigenvalue weighted by Crippen LogP contribution is 2.21. The third-order valence-corrected chi connectivity index (χ3v) is 3.34. The molecule has 0 unspecified atom stereocenters. The first-order chi connectivity index (χ1) is 8.91. The maximum absolute atomic E-state index is 12.3. The molecule has 5 heteroatoms. The van der Waals surface area contributed by atoms with Crippen LogP contribution < -0.4 is 11.1 Å². The molecule has 0 aliphatic heterocycles. The van der Waals surface area contributed by atoms with Gasteiger partial charge >= 0.3 is 0 Å². The molecule has 0 radical (unpaired) electrons. The molecule has 0 spiro atoms. The zero-order valence-corrected chi connectivity index (χ0v) is 11.6. The third kappa shape index (κ3) is 2.31. The molecule has 0 saturated heterocycles. The first-order valence-corrected chi connectivity index (χ1v) is 6.08. The van der Waals surface area contributed by atoms with Crippen molar-refractivity contribution in [3.05, 3.63) is 40.7 Å². The quantitative estimate of drug-likeness (QED) is 0.867. The van der Waals surface area contributed by atoms with Crippen molar-refractivity contribution in [1.82, 2.24) is 9.78 Å².